The van der Waals surface area contributed by atoms with Crippen LogP contribution in [0.4, 0.5) is 0 Å². The Kier molecular flexibility index (Phi) is 19.3. The Morgan fingerprint density at radius 1 is 0.718 bits per heavy atom. The number of carbonyl (C=O) groups excluding carboxylic acids is 2. The predicted octanol–water partition coefficient (Wildman–Crippen LogP) is -1.85. The van der Waals surface area contributed by atoms with Gasteiger partial charge in [-0.2, -0.15) is 8.42 Å². The summed E-state index contributed by atoms with van der Waals surface area (Å²) in [5, 5.41) is 125. The quantitative estimate of drug-likeness (QED) is 0.0310. The van der Waals surface area contributed by atoms with Crippen molar-refractivity contribution in [1.29, 1.82) is 0 Å². The lowest BCUT2D eigenvalue weighted by molar-refractivity contribution is -0.389. The molecule has 0 amide bonds. The topological polar surface area (TPSA) is 422 Å². The van der Waals surface area contributed by atoms with Crippen LogP contribution in [-0.4, -0.2) is 254 Å². The third-order valence-corrected chi connectivity index (χ3v) is 21.7. The van der Waals surface area contributed by atoms with Crippen molar-refractivity contribution in [3.8, 4) is 0 Å². The third kappa shape index (κ3) is 11.1. The Balaban J connectivity index is 0.922. The van der Waals surface area contributed by atoms with Crippen molar-refractivity contribution in [3.05, 3.63) is 11.6 Å². The number of allylic oxidation sites excluding steroid dienone is 1. The molecule has 29 unspecified atom stereocenters. The lowest BCUT2D eigenvalue weighted by Crippen LogP contribution is -2.69. The van der Waals surface area contributed by atoms with Gasteiger partial charge >= 0.3 is 22.3 Å². The summed E-state index contributed by atoms with van der Waals surface area (Å²) < 4.78 is 104. The monoisotopic (exact) mass is 1240 g/mol. The highest BCUT2D eigenvalue weighted by Gasteiger charge is 2.87. The van der Waals surface area contributed by atoms with Crippen molar-refractivity contribution in [3.63, 3.8) is 0 Å². The highest BCUT2D eigenvalue weighted by Crippen LogP contribution is 2.77. The average Bonchev–Trinajstić information content (AvgIpc) is 1.50. The minimum Gasteiger partial charge on any atom is -0.458 e. The fourth-order valence-corrected chi connectivity index (χ4v) is 17.2. The van der Waals surface area contributed by atoms with Crippen molar-refractivity contribution in [1.82, 2.24) is 0 Å². The number of esters is 2. The number of hydrogen-bond donors (Lipinski definition) is 12. The summed E-state index contributed by atoms with van der Waals surface area (Å²) in [5.41, 5.74) is -6.86. The second-order valence-electron chi connectivity index (χ2n) is 26.7. The summed E-state index contributed by atoms with van der Waals surface area (Å²) in [6.07, 6.45) is -30.7. The van der Waals surface area contributed by atoms with Gasteiger partial charge in [0.2, 0.25) is 0 Å². The lowest BCUT2D eigenvalue weighted by atomic mass is 9.40. The smallest absolute Gasteiger partial charge is 0.397 e. The maximum atomic E-state index is 14.8. The zero-order valence-corrected chi connectivity index (χ0v) is 50.4. The van der Waals surface area contributed by atoms with Crippen LogP contribution in [0.25, 0.3) is 0 Å². The van der Waals surface area contributed by atoms with E-state index in [-0.39, 0.29) is 24.2 Å². The molecule has 488 valence electrons. The third-order valence-electron chi connectivity index (χ3n) is 21.2. The highest BCUT2D eigenvalue weighted by atomic mass is 32.3. The van der Waals surface area contributed by atoms with Gasteiger partial charge in [0.05, 0.1) is 38.1 Å². The molecule has 9 aliphatic rings. The van der Waals surface area contributed by atoms with Crippen molar-refractivity contribution < 1.29 is 135 Å². The summed E-state index contributed by atoms with van der Waals surface area (Å²) in [7, 11) is -4.04. The fourth-order valence-electron chi connectivity index (χ4n) is 16.7. The first kappa shape index (κ1) is 67.2. The Hall–Kier alpha value is -2.25. The van der Waals surface area contributed by atoms with Crippen LogP contribution in [0.5, 0.6) is 0 Å². The maximum absolute atomic E-state index is 14.8. The minimum atomic E-state index is -5.21. The summed E-state index contributed by atoms with van der Waals surface area (Å²) in [5.74, 6) is -1.60. The number of rotatable bonds is 18. The number of methoxy groups -OCH3 is 1. The van der Waals surface area contributed by atoms with E-state index in [1.807, 2.05) is 34.6 Å². The average molecular weight is 1240 g/mol. The summed E-state index contributed by atoms with van der Waals surface area (Å²) in [4.78, 5) is 27.4. The van der Waals surface area contributed by atoms with Crippen LogP contribution in [0.15, 0.2) is 11.6 Å². The normalized spacial score (nSPS) is 50.1. The van der Waals surface area contributed by atoms with Crippen LogP contribution in [-0.2, 0) is 76.3 Å². The Labute approximate surface area is 493 Å². The van der Waals surface area contributed by atoms with Crippen molar-refractivity contribution in [2.75, 3.05) is 26.9 Å². The van der Waals surface area contributed by atoms with Gasteiger partial charge in [0.25, 0.3) is 0 Å². The van der Waals surface area contributed by atoms with E-state index < -0.39 is 210 Å². The zero-order chi connectivity index (χ0) is 62.6. The van der Waals surface area contributed by atoms with E-state index in [2.05, 4.69) is 6.92 Å². The SMILES string of the molecule is COC1C(O)C(CO)OC(OC2C(O)C(CO)OC(OC3C(C)OC(OC4C(OC5CCC6(C)C7=CC(O)C89C(=O)OC(C)(C(CCC(C)C)OC(C)=O)C8(O)CCC9(C)C7CCC6C5(C)C)OCC(OS(=O)(=O)O)C4O)C(O)C3O)C2O)C1O. The molecule has 0 radical (unpaired) electrons. The first-order chi connectivity index (χ1) is 39.6. The van der Waals surface area contributed by atoms with E-state index >= 15 is 0 Å². The largest absolute Gasteiger partial charge is 0.458 e. The molecule has 8 fully saturated rings. The molecule has 0 bridgehead atoms. The molecule has 0 aromatic carbocycles. The molecule has 3 saturated carbocycles. The van der Waals surface area contributed by atoms with Crippen LogP contribution in [0.1, 0.15) is 114 Å². The lowest BCUT2D eigenvalue weighted by Gasteiger charge is -2.64. The van der Waals surface area contributed by atoms with Crippen LogP contribution >= 0.6 is 0 Å². The van der Waals surface area contributed by atoms with Gasteiger partial charge < -0.3 is 108 Å². The van der Waals surface area contributed by atoms with Crippen LogP contribution < -0.4 is 0 Å². The Bertz CT molecular complexity index is 2540. The summed E-state index contributed by atoms with van der Waals surface area (Å²) in [6, 6.07) is 0. The van der Waals surface area contributed by atoms with Gasteiger partial charge in [-0.25, -0.2) is 4.18 Å². The zero-order valence-electron chi connectivity index (χ0n) is 49.6. The van der Waals surface area contributed by atoms with E-state index in [0.717, 1.165) is 5.57 Å². The summed E-state index contributed by atoms with van der Waals surface area (Å²) >= 11 is 0. The Morgan fingerprint density at radius 3 is 1.89 bits per heavy atom. The number of carbonyl (C=O) groups is 2. The van der Waals surface area contributed by atoms with Gasteiger partial charge in [-0.05, 0) is 99.2 Å². The highest BCUT2D eigenvalue weighted by molar-refractivity contribution is 7.80. The van der Waals surface area contributed by atoms with Crippen LogP contribution in [0.2, 0.25) is 0 Å². The van der Waals surface area contributed by atoms with Gasteiger partial charge in [0, 0.05) is 14.0 Å². The molecule has 85 heavy (non-hydrogen) atoms. The number of fused-ring (bicyclic) bond motifs is 4. The molecule has 29 heteroatoms. The molecule has 5 saturated heterocycles. The molecule has 0 aromatic rings. The van der Waals surface area contributed by atoms with Crippen LogP contribution in [0, 0.1) is 39.4 Å². The van der Waals surface area contributed by atoms with E-state index in [0.29, 0.717) is 44.9 Å². The second-order valence-corrected chi connectivity index (χ2v) is 27.7. The molecular formula is C56H90O28S. The van der Waals surface area contributed by atoms with E-state index in [9.17, 15) is 78.7 Å². The Morgan fingerprint density at radius 2 is 1.31 bits per heavy atom. The number of hydrogen-bond acceptors (Lipinski definition) is 27. The number of cyclic esters (lactones) is 1. The van der Waals surface area contributed by atoms with Crippen molar-refractivity contribution >= 4 is 22.3 Å². The predicted molar refractivity (Wildman–Crippen MR) is 285 cm³/mol. The van der Waals surface area contributed by atoms with Crippen molar-refractivity contribution in [2.24, 2.45) is 39.4 Å². The first-order valence-electron chi connectivity index (χ1n) is 29.5. The fraction of sp³-hybridized carbons (Fsp3) is 0.929. The van der Waals surface area contributed by atoms with Crippen LogP contribution in [0.3, 0.4) is 0 Å². The standard InChI is InChI=1S/C56H90O28S/c1-23(2)11-14-34(76-25(4)59)54(9)55(69)18-17-53(8)26-12-13-31-51(5,6)33(15-16-52(31,7)27(26)19-32(60)56(53,55)50(68)83-54)79-49-45(37(63)30(22-74-49)84-85(70,71)72)82-46-39(65)38(64)42(24(3)75-46)80-48-41(67)44(36(62)29(21-58)78-48)81-47-40(66)43(73-10)35(61)28(20-57)77-47/h19,23-24,26,28-49,57-58,60-67,69H,11-18,20-22H2,1-10H3,(H,70,71,72). The van der Waals surface area contributed by atoms with Gasteiger partial charge in [0.1, 0.15) is 103 Å². The van der Waals surface area contributed by atoms with Crippen molar-refractivity contribution in [2.45, 2.75) is 260 Å². The summed E-state index contributed by atoms with van der Waals surface area (Å²) in [6.45, 7) is 14.1. The molecule has 5 heterocycles. The number of aliphatic hydroxyl groups is 11. The van der Waals surface area contributed by atoms with E-state index in [1.165, 1.54) is 21.0 Å². The van der Waals surface area contributed by atoms with E-state index in [4.69, 9.17) is 56.3 Å². The molecule has 9 rings (SSSR count). The molecule has 5 aliphatic heterocycles. The minimum absolute atomic E-state index is 0.0963. The number of aliphatic hydroxyl groups excluding tert-OH is 10. The second kappa shape index (κ2) is 24.4. The molecular weight excluding hydrogens is 1150 g/mol. The molecule has 0 aromatic heterocycles. The molecule has 4 aliphatic carbocycles. The van der Waals surface area contributed by atoms with E-state index in [1.54, 1.807) is 13.0 Å². The molecule has 28 nitrogen and oxygen atoms in total. The number of ether oxygens (including phenoxy) is 11. The molecule has 12 N–H and O–H groups in total. The molecule has 29 atom stereocenters. The molecule has 1 spiro atoms. The first-order valence-corrected chi connectivity index (χ1v) is 30.9. The van der Waals surface area contributed by atoms with Gasteiger partial charge in [-0.15, -0.1) is 0 Å². The van der Waals surface area contributed by atoms with Gasteiger partial charge in [0.15, 0.2) is 30.8 Å². The maximum Gasteiger partial charge on any atom is 0.397 e. The van der Waals surface area contributed by atoms with Gasteiger partial charge in [-0.1, -0.05) is 53.2 Å². The van der Waals surface area contributed by atoms with Gasteiger partial charge in [-0.3, -0.25) is 14.1 Å².